The second kappa shape index (κ2) is 7.14. The molecule has 1 aliphatic rings. The molecular weight excluding hydrogens is 437 g/mol. The monoisotopic (exact) mass is 451 g/mol. The van der Waals surface area contributed by atoms with Gasteiger partial charge in [-0.2, -0.15) is 9.29 Å². The summed E-state index contributed by atoms with van der Waals surface area (Å²) in [5.41, 5.74) is 0.603. The normalized spacial score (nSPS) is 18.1. The Balaban J connectivity index is 1.64. The van der Waals surface area contributed by atoms with E-state index in [1.807, 2.05) is 0 Å². The van der Waals surface area contributed by atoms with E-state index in [1.54, 1.807) is 36.4 Å². The molecule has 2 heterocycles. The summed E-state index contributed by atoms with van der Waals surface area (Å²) in [4.78, 5) is 4.57. The van der Waals surface area contributed by atoms with Crippen LogP contribution in [0.2, 0.25) is 0 Å². The first-order valence-corrected chi connectivity index (χ1v) is 10.6. The van der Waals surface area contributed by atoms with Crippen LogP contribution in [0.15, 0.2) is 62.4 Å². The summed E-state index contributed by atoms with van der Waals surface area (Å²) in [6.07, 6.45) is 1.30. The van der Waals surface area contributed by atoms with Crippen LogP contribution in [0.1, 0.15) is 24.8 Å². The second-order valence-corrected chi connectivity index (χ2v) is 9.00. The number of hydrogen-bond donors (Lipinski definition) is 0. The maximum absolute atomic E-state index is 13.1. The smallest absolute Gasteiger partial charge is 0.245 e. The Morgan fingerprint density at radius 1 is 1.11 bits per heavy atom. The third-order valence-electron chi connectivity index (χ3n) is 4.45. The minimum Gasteiger partial charge on any atom is -0.337 e. The average molecular weight is 452 g/mol. The van der Waals surface area contributed by atoms with Gasteiger partial charge in [0.25, 0.3) is 0 Å². The summed E-state index contributed by atoms with van der Waals surface area (Å²) < 4.78 is 46.7. The molecule has 1 atom stereocenters. The van der Waals surface area contributed by atoms with Crippen LogP contribution < -0.4 is 0 Å². The van der Waals surface area contributed by atoms with Crippen LogP contribution >= 0.6 is 15.9 Å². The van der Waals surface area contributed by atoms with Crippen molar-refractivity contribution in [3.63, 3.8) is 0 Å². The first-order valence-electron chi connectivity index (χ1n) is 8.32. The van der Waals surface area contributed by atoms with E-state index in [0.29, 0.717) is 30.8 Å². The molecule has 0 N–H and O–H groups in total. The Bertz CT molecular complexity index is 1050. The predicted octanol–water partition coefficient (Wildman–Crippen LogP) is 4.16. The number of aromatic nitrogens is 2. The summed E-state index contributed by atoms with van der Waals surface area (Å²) in [7, 11) is -3.68. The van der Waals surface area contributed by atoms with Crippen molar-refractivity contribution in [3.8, 4) is 11.4 Å². The highest BCUT2D eigenvalue weighted by Crippen LogP contribution is 2.36. The van der Waals surface area contributed by atoms with E-state index < -0.39 is 16.1 Å². The minimum absolute atomic E-state index is 0.218. The molecule has 6 nitrogen and oxygen atoms in total. The summed E-state index contributed by atoms with van der Waals surface area (Å²) in [6.45, 7) is 0.386. The molecule has 2 aromatic carbocycles. The van der Waals surface area contributed by atoms with Crippen molar-refractivity contribution in [1.82, 2.24) is 14.4 Å². The topological polar surface area (TPSA) is 76.3 Å². The van der Waals surface area contributed by atoms with Gasteiger partial charge in [0, 0.05) is 16.6 Å². The Labute approximate surface area is 164 Å². The average Bonchev–Trinajstić information content (AvgIpc) is 3.32. The van der Waals surface area contributed by atoms with Crippen molar-refractivity contribution in [2.45, 2.75) is 23.8 Å². The fraction of sp³-hybridized carbons (Fsp3) is 0.222. The zero-order valence-electron chi connectivity index (χ0n) is 14.0. The van der Waals surface area contributed by atoms with Crippen molar-refractivity contribution in [3.05, 3.63) is 64.7 Å². The molecule has 0 radical (unpaired) electrons. The Hall–Kier alpha value is -2.10. The van der Waals surface area contributed by atoms with Gasteiger partial charge in [0.05, 0.1) is 4.90 Å². The maximum atomic E-state index is 13.1. The number of hydrogen-bond acceptors (Lipinski definition) is 5. The Morgan fingerprint density at radius 3 is 2.52 bits per heavy atom. The first kappa shape index (κ1) is 18.3. The van der Waals surface area contributed by atoms with Gasteiger partial charge in [-0.25, -0.2) is 12.8 Å². The molecule has 0 bridgehead atoms. The third-order valence-corrected chi connectivity index (χ3v) is 6.90. The van der Waals surface area contributed by atoms with Gasteiger partial charge in [-0.15, -0.1) is 0 Å². The number of halogens is 2. The number of nitrogens with zero attached hydrogens (tertiary/aromatic N) is 3. The largest absolute Gasteiger partial charge is 0.337 e. The molecule has 1 aliphatic heterocycles. The van der Waals surface area contributed by atoms with Gasteiger partial charge in [0.2, 0.25) is 21.7 Å². The molecular formula is C18H15BrFN3O3S. The highest BCUT2D eigenvalue weighted by atomic mass is 79.9. The van der Waals surface area contributed by atoms with Crippen LogP contribution in [-0.4, -0.2) is 29.4 Å². The summed E-state index contributed by atoms with van der Waals surface area (Å²) in [5, 5.41) is 3.93. The van der Waals surface area contributed by atoms with Gasteiger partial charge in [-0.3, -0.25) is 0 Å². The van der Waals surface area contributed by atoms with E-state index in [4.69, 9.17) is 4.52 Å². The minimum atomic E-state index is -3.68. The van der Waals surface area contributed by atoms with Crippen LogP contribution in [0.25, 0.3) is 11.4 Å². The van der Waals surface area contributed by atoms with Crippen LogP contribution in [-0.2, 0) is 10.0 Å². The molecule has 0 unspecified atom stereocenters. The van der Waals surface area contributed by atoms with E-state index in [2.05, 4.69) is 26.1 Å². The molecule has 0 spiro atoms. The van der Waals surface area contributed by atoms with E-state index in [9.17, 15) is 12.8 Å². The van der Waals surface area contributed by atoms with Crippen molar-refractivity contribution < 1.29 is 17.3 Å². The number of benzene rings is 2. The lowest BCUT2D eigenvalue weighted by molar-refractivity contribution is 0.290. The highest BCUT2D eigenvalue weighted by molar-refractivity contribution is 9.10. The fourth-order valence-corrected chi connectivity index (χ4v) is 5.02. The van der Waals surface area contributed by atoms with Crippen molar-refractivity contribution >= 4 is 26.0 Å². The van der Waals surface area contributed by atoms with Gasteiger partial charge in [-0.05, 0) is 61.4 Å². The molecule has 1 saturated heterocycles. The Morgan fingerprint density at radius 2 is 1.81 bits per heavy atom. The van der Waals surface area contributed by atoms with E-state index in [1.165, 1.54) is 16.4 Å². The molecule has 1 aromatic heterocycles. The number of rotatable bonds is 4. The molecule has 0 amide bonds. The van der Waals surface area contributed by atoms with Crippen LogP contribution in [0.4, 0.5) is 4.39 Å². The fourth-order valence-electron chi connectivity index (χ4n) is 3.10. The zero-order chi connectivity index (χ0) is 19.0. The molecule has 1 fully saturated rings. The van der Waals surface area contributed by atoms with E-state index in [0.717, 1.165) is 4.47 Å². The molecule has 3 aromatic rings. The van der Waals surface area contributed by atoms with Gasteiger partial charge < -0.3 is 4.52 Å². The lowest BCUT2D eigenvalue weighted by Crippen LogP contribution is -2.30. The van der Waals surface area contributed by atoms with Gasteiger partial charge in [0.15, 0.2) is 0 Å². The second-order valence-electron chi connectivity index (χ2n) is 6.19. The van der Waals surface area contributed by atoms with Crippen LogP contribution in [0.3, 0.4) is 0 Å². The highest BCUT2D eigenvalue weighted by Gasteiger charge is 2.39. The van der Waals surface area contributed by atoms with Crippen LogP contribution in [0.5, 0.6) is 0 Å². The lowest BCUT2D eigenvalue weighted by Gasteiger charge is -2.21. The summed E-state index contributed by atoms with van der Waals surface area (Å²) in [6, 6.07) is 11.7. The quantitative estimate of drug-likeness (QED) is 0.594. The predicted molar refractivity (Wildman–Crippen MR) is 99.7 cm³/mol. The van der Waals surface area contributed by atoms with E-state index >= 15 is 0 Å². The molecule has 0 saturated carbocycles. The molecule has 140 valence electrons. The molecule has 0 aliphatic carbocycles. The summed E-state index contributed by atoms with van der Waals surface area (Å²) in [5.74, 6) is 0.190. The first-order chi connectivity index (χ1) is 12.9. The molecule has 9 heteroatoms. The summed E-state index contributed by atoms with van der Waals surface area (Å²) >= 11 is 3.31. The third kappa shape index (κ3) is 3.54. The number of sulfonamides is 1. The van der Waals surface area contributed by atoms with Crippen LogP contribution in [0, 0.1) is 5.82 Å². The molecule has 27 heavy (non-hydrogen) atoms. The van der Waals surface area contributed by atoms with Gasteiger partial charge >= 0.3 is 0 Å². The van der Waals surface area contributed by atoms with Gasteiger partial charge in [-0.1, -0.05) is 21.1 Å². The Kier molecular flexibility index (Phi) is 4.83. The van der Waals surface area contributed by atoms with Crippen molar-refractivity contribution in [2.75, 3.05) is 6.54 Å². The SMILES string of the molecule is O=S(=O)(c1ccc(Br)cc1)N1CCC[C@@H]1c1nc(-c2ccc(F)cc2)no1. The zero-order valence-corrected chi connectivity index (χ0v) is 16.5. The van der Waals surface area contributed by atoms with Crippen molar-refractivity contribution in [2.24, 2.45) is 0 Å². The molecule has 4 rings (SSSR count). The standard InChI is InChI=1S/C18H15BrFN3O3S/c19-13-5-9-15(10-6-13)27(24,25)23-11-1-2-16(23)18-21-17(22-26-18)12-3-7-14(20)8-4-12/h3-10,16H,1-2,11H2/t16-/m1/s1. The van der Waals surface area contributed by atoms with Gasteiger partial charge in [0.1, 0.15) is 11.9 Å². The lowest BCUT2D eigenvalue weighted by atomic mass is 10.2. The van der Waals surface area contributed by atoms with E-state index in [-0.39, 0.29) is 16.6 Å². The van der Waals surface area contributed by atoms with Crippen molar-refractivity contribution in [1.29, 1.82) is 0 Å². The maximum Gasteiger partial charge on any atom is 0.245 e.